The fraction of sp³-hybridized carbons (Fsp3) is 0.350. The number of hydrogen-bond acceptors (Lipinski definition) is 2. The molecule has 0 saturated heterocycles. The molecule has 0 unspecified atom stereocenters. The van der Waals surface area contributed by atoms with E-state index in [1.165, 1.54) is 25.3 Å². The van der Waals surface area contributed by atoms with Crippen molar-refractivity contribution in [2.24, 2.45) is 0 Å². The fourth-order valence-electron chi connectivity index (χ4n) is 3.57. The monoisotopic (exact) mass is 323 g/mol. The highest BCUT2D eigenvalue weighted by Gasteiger charge is 2.21. The Balaban J connectivity index is 1.85. The summed E-state index contributed by atoms with van der Waals surface area (Å²) in [5.74, 6) is 0.673. The van der Waals surface area contributed by atoms with E-state index in [2.05, 4.69) is 11.4 Å². The Hall–Kier alpha value is -2.36. The smallest absolute Gasteiger partial charge is 0.139 e. The van der Waals surface area contributed by atoms with Crippen LogP contribution in [0.15, 0.2) is 42.6 Å². The first-order valence-electron chi connectivity index (χ1n) is 8.72. The van der Waals surface area contributed by atoms with Crippen molar-refractivity contribution >= 4 is 11.5 Å². The van der Waals surface area contributed by atoms with Gasteiger partial charge in [0.25, 0.3) is 0 Å². The predicted octanol–water partition coefficient (Wildman–Crippen LogP) is 5.19. The number of aromatic nitrogens is 2. The molecule has 1 fully saturated rings. The zero-order valence-electron chi connectivity index (χ0n) is 13.9. The van der Waals surface area contributed by atoms with Crippen LogP contribution in [0.4, 0.5) is 10.2 Å². The summed E-state index contributed by atoms with van der Waals surface area (Å²) in [6.45, 7) is 2.05. The molecule has 3 aromatic rings. The lowest BCUT2D eigenvalue weighted by Crippen LogP contribution is -2.23. The van der Waals surface area contributed by atoms with Gasteiger partial charge in [-0.25, -0.2) is 9.37 Å². The third kappa shape index (κ3) is 2.77. The molecule has 1 aliphatic carbocycles. The van der Waals surface area contributed by atoms with Gasteiger partial charge in [0.05, 0.1) is 0 Å². The van der Waals surface area contributed by atoms with Crippen molar-refractivity contribution in [3.63, 3.8) is 0 Å². The Bertz CT molecular complexity index is 862. The number of aryl methyl sites for hydroxylation is 1. The first kappa shape index (κ1) is 15.2. The molecule has 1 saturated carbocycles. The molecule has 0 spiro atoms. The molecule has 124 valence electrons. The van der Waals surface area contributed by atoms with Crippen molar-refractivity contribution in [2.75, 3.05) is 5.32 Å². The van der Waals surface area contributed by atoms with Gasteiger partial charge in [-0.2, -0.15) is 0 Å². The fourth-order valence-corrected chi connectivity index (χ4v) is 3.57. The van der Waals surface area contributed by atoms with Gasteiger partial charge >= 0.3 is 0 Å². The maximum absolute atomic E-state index is 14.4. The maximum atomic E-state index is 14.4. The molecule has 0 amide bonds. The Morgan fingerprint density at radius 1 is 1.12 bits per heavy atom. The van der Waals surface area contributed by atoms with Crippen LogP contribution in [0.1, 0.15) is 37.7 Å². The third-order valence-electron chi connectivity index (χ3n) is 4.86. The number of benzene rings is 1. The van der Waals surface area contributed by atoms with Crippen molar-refractivity contribution in [2.45, 2.75) is 45.1 Å². The van der Waals surface area contributed by atoms with Crippen molar-refractivity contribution in [1.29, 1.82) is 0 Å². The van der Waals surface area contributed by atoms with Gasteiger partial charge in [0, 0.05) is 17.8 Å². The van der Waals surface area contributed by atoms with E-state index in [4.69, 9.17) is 4.98 Å². The molecule has 2 aromatic heterocycles. The molecule has 1 N–H and O–H groups in total. The minimum atomic E-state index is -0.232. The number of nitrogens with zero attached hydrogens (tertiary/aromatic N) is 2. The van der Waals surface area contributed by atoms with Crippen LogP contribution >= 0.6 is 0 Å². The second-order valence-corrected chi connectivity index (χ2v) is 6.70. The van der Waals surface area contributed by atoms with E-state index in [9.17, 15) is 4.39 Å². The molecule has 0 bridgehead atoms. The Labute approximate surface area is 141 Å². The Kier molecular flexibility index (Phi) is 3.97. The average molecular weight is 323 g/mol. The number of nitrogens with one attached hydrogen (secondary N) is 1. The molecule has 3 nitrogen and oxygen atoms in total. The van der Waals surface area contributed by atoms with E-state index in [-0.39, 0.29) is 5.82 Å². The molecule has 1 aromatic carbocycles. The topological polar surface area (TPSA) is 29.3 Å². The predicted molar refractivity (Wildman–Crippen MR) is 95.8 cm³/mol. The largest absolute Gasteiger partial charge is 0.367 e. The van der Waals surface area contributed by atoms with E-state index in [0.717, 1.165) is 29.9 Å². The van der Waals surface area contributed by atoms with Crippen LogP contribution in [-0.2, 0) is 0 Å². The van der Waals surface area contributed by atoms with Gasteiger partial charge in [-0.05, 0) is 49.6 Å². The van der Waals surface area contributed by atoms with E-state index in [1.807, 2.05) is 29.7 Å². The van der Waals surface area contributed by atoms with Crippen LogP contribution in [0, 0.1) is 12.7 Å². The summed E-state index contributed by atoms with van der Waals surface area (Å²) in [5.41, 5.74) is 3.25. The van der Waals surface area contributed by atoms with E-state index >= 15 is 0 Å². The van der Waals surface area contributed by atoms with E-state index in [1.54, 1.807) is 12.1 Å². The molecule has 4 rings (SSSR count). The van der Waals surface area contributed by atoms with Crippen LogP contribution in [0.5, 0.6) is 0 Å². The van der Waals surface area contributed by atoms with Gasteiger partial charge < -0.3 is 5.32 Å². The first-order chi connectivity index (χ1) is 11.7. The highest BCUT2D eigenvalue weighted by atomic mass is 19.1. The number of halogens is 1. The van der Waals surface area contributed by atoms with Gasteiger partial charge in [-0.15, -0.1) is 0 Å². The van der Waals surface area contributed by atoms with Crippen molar-refractivity contribution in [3.8, 4) is 11.3 Å². The van der Waals surface area contributed by atoms with Crippen LogP contribution in [0.25, 0.3) is 16.9 Å². The van der Waals surface area contributed by atoms with Gasteiger partial charge in [0.2, 0.25) is 0 Å². The summed E-state index contributed by atoms with van der Waals surface area (Å²) in [5, 5.41) is 3.65. The zero-order valence-corrected chi connectivity index (χ0v) is 13.9. The van der Waals surface area contributed by atoms with Crippen molar-refractivity contribution in [3.05, 3.63) is 54.0 Å². The second-order valence-electron chi connectivity index (χ2n) is 6.70. The first-order valence-corrected chi connectivity index (χ1v) is 8.72. The van der Waals surface area contributed by atoms with Gasteiger partial charge in [0.1, 0.15) is 23.0 Å². The summed E-state index contributed by atoms with van der Waals surface area (Å²) in [7, 11) is 0. The zero-order chi connectivity index (χ0) is 16.5. The van der Waals surface area contributed by atoms with E-state index in [0.29, 0.717) is 17.3 Å². The normalized spacial score (nSPS) is 15.8. The molecular formula is C20H22FN3. The van der Waals surface area contributed by atoms with E-state index < -0.39 is 0 Å². The molecule has 1 aliphatic rings. The highest BCUT2D eigenvalue weighted by molar-refractivity contribution is 5.77. The van der Waals surface area contributed by atoms with Gasteiger partial charge in [-0.3, -0.25) is 4.40 Å². The minimum absolute atomic E-state index is 0.232. The SMILES string of the molecule is Cc1ccn2c(NC3CCCCC3)c(-c3ccccc3F)nc2c1. The molecule has 24 heavy (non-hydrogen) atoms. The van der Waals surface area contributed by atoms with Crippen LogP contribution in [0.3, 0.4) is 0 Å². The quantitative estimate of drug-likeness (QED) is 0.718. The second kappa shape index (κ2) is 6.27. The summed E-state index contributed by atoms with van der Waals surface area (Å²) in [4.78, 5) is 4.73. The highest BCUT2D eigenvalue weighted by Crippen LogP contribution is 2.33. The van der Waals surface area contributed by atoms with Crippen molar-refractivity contribution < 1.29 is 4.39 Å². The summed E-state index contributed by atoms with van der Waals surface area (Å²) in [6.07, 6.45) is 8.16. The van der Waals surface area contributed by atoms with Crippen LogP contribution in [-0.4, -0.2) is 15.4 Å². The van der Waals surface area contributed by atoms with Gasteiger partial charge in [-0.1, -0.05) is 31.4 Å². The Morgan fingerprint density at radius 2 is 1.92 bits per heavy atom. The Morgan fingerprint density at radius 3 is 2.71 bits per heavy atom. The lowest BCUT2D eigenvalue weighted by Gasteiger charge is -2.24. The molecule has 0 radical (unpaired) electrons. The number of pyridine rings is 1. The summed E-state index contributed by atoms with van der Waals surface area (Å²) < 4.78 is 16.4. The maximum Gasteiger partial charge on any atom is 0.139 e. The summed E-state index contributed by atoms with van der Waals surface area (Å²) in [6, 6.07) is 11.4. The average Bonchev–Trinajstić information content (AvgIpc) is 2.93. The molecule has 0 aliphatic heterocycles. The molecule has 0 atom stereocenters. The molecular weight excluding hydrogens is 301 g/mol. The number of hydrogen-bond donors (Lipinski definition) is 1. The number of fused-ring (bicyclic) bond motifs is 1. The summed E-state index contributed by atoms with van der Waals surface area (Å²) >= 11 is 0. The standard InChI is InChI=1S/C20H22FN3/c1-14-11-12-24-18(13-14)23-19(16-9-5-6-10-17(16)21)20(24)22-15-7-3-2-4-8-15/h5-6,9-13,15,22H,2-4,7-8H2,1H3. The third-order valence-corrected chi connectivity index (χ3v) is 4.86. The van der Waals surface area contributed by atoms with Gasteiger partial charge in [0.15, 0.2) is 0 Å². The van der Waals surface area contributed by atoms with Crippen molar-refractivity contribution in [1.82, 2.24) is 9.38 Å². The van der Waals surface area contributed by atoms with Crippen LogP contribution < -0.4 is 5.32 Å². The molecule has 4 heteroatoms. The number of rotatable bonds is 3. The minimum Gasteiger partial charge on any atom is -0.367 e. The lowest BCUT2D eigenvalue weighted by molar-refractivity contribution is 0.461. The number of imidazole rings is 1. The molecule has 2 heterocycles. The number of anilines is 1. The van der Waals surface area contributed by atoms with Crippen LogP contribution in [0.2, 0.25) is 0 Å². The lowest BCUT2D eigenvalue weighted by atomic mass is 9.95.